The van der Waals surface area contributed by atoms with E-state index in [-0.39, 0.29) is 11.6 Å². The van der Waals surface area contributed by atoms with Crippen LogP contribution in [0, 0.1) is 13.8 Å². The second-order valence-corrected chi connectivity index (χ2v) is 6.96. The summed E-state index contributed by atoms with van der Waals surface area (Å²) >= 11 is 0. The Bertz CT molecular complexity index is 1160. The van der Waals surface area contributed by atoms with Crippen LogP contribution < -0.4 is 5.32 Å². The van der Waals surface area contributed by atoms with Gasteiger partial charge in [0.25, 0.3) is 5.91 Å². The van der Waals surface area contributed by atoms with Gasteiger partial charge in [0.05, 0.1) is 11.9 Å². The first-order valence-electron chi connectivity index (χ1n) is 9.31. The van der Waals surface area contributed by atoms with Crippen LogP contribution in [0.3, 0.4) is 0 Å². The minimum atomic E-state index is -0.322. The second-order valence-electron chi connectivity index (χ2n) is 6.96. The van der Waals surface area contributed by atoms with E-state index in [0.29, 0.717) is 5.82 Å². The molecule has 4 rings (SSSR count). The molecule has 0 aliphatic heterocycles. The van der Waals surface area contributed by atoms with Crippen LogP contribution in [-0.2, 0) is 7.05 Å². The van der Waals surface area contributed by atoms with Crippen molar-refractivity contribution in [1.29, 1.82) is 0 Å². The van der Waals surface area contributed by atoms with Crippen LogP contribution >= 0.6 is 0 Å². The molecule has 2 aromatic carbocycles. The van der Waals surface area contributed by atoms with Crippen molar-refractivity contribution in [3.8, 4) is 22.4 Å². The van der Waals surface area contributed by atoms with E-state index in [1.54, 1.807) is 11.7 Å². The lowest BCUT2D eigenvalue weighted by atomic mass is 9.99. The van der Waals surface area contributed by atoms with Crippen molar-refractivity contribution in [2.24, 2.45) is 7.05 Å². The summed E-state index contributed by atoms with van der Waals surface area (Å²) < 4.78 is 1.64. The van der Waals surface area contributed by atoms with Gasteiger partial charge in [-0.15, -0.1) is 0 Å². The molecule has 144 valence electrons. The molecule has 0 fully saturated rings. The molecule has 1 N–H and O–H groups in total. The molecule has 1 amide bonds. The molecule has 0 aliphatic carbocycles. The third kappa shape index (κ3) is 3.91. The first kappa shape index (κ1) is 18.6. The van der Waals surface area contributed by atoms with Crippen LogP contribution in [0.4, 0.5) is 5.82 Å². The van der Waals surface area contributed by atoms with Crippen molar-refractivity contribution in [1.82, 2.24) is 19.7 Å². The highest BCUT2D eigenvalue weighted by atomic mass is 16.2. The topological polar surface area (TPSA) is 72.7 Å². The zero-order valence-electron chi connectivity index (χ0n) is 16.5. The number of carbonyl (C=O) groups is 1. The first-order chi connectivity index (χ1) is 14.0. The quantitative estimate of drug-likeness (QED) is 0.566. The summed E-state index contributed by atoms with van der Waals surface area (Å²) in [5.41, 5.74) is 6.94. The number of hydrogen-bond donors (Lipinski definition) is 1. The Kier molecular flexibility index (Phi) is 4.91. The summed E-state index contributed by atoms with van der Waals surface area (Å²) in [5, 5.41) is 7.35. The van der Waals surface area contributed by atoms with Gasteiger partial charge in [0.1, 0.15) is 11.5 Å². The summed E-state index contributed by atoms with van der Waals surface area (Å²) in [7, 11) is 1.79. The van der Waals surface area contributed by atoms with Gasteiger partial charge in [-0.1, -0.05) is 42.5 Å². The zero-order valence-corrected chi connectivity index (χ0v) is 16.5. The molecule has 0 radical (unpaired) electrons. The standard InChI is InChI=1S/C23H21N5O/c1-15-4-5-19(12-16(15)2)17-6-8-18(9-7-17)20-13-22(28(3)27-20)26-23(29)21-14-24-10-11-25-21/h4-14H,1-3H3,(H,26,29). The van der Waals surface area contributed by atoms with Crippen LogP contribution in [0.2, 0.25) is 0 Å². The fourth-order valence-corrected chi connectivity index (χ4v) is 3.08. The lowest BCUT2D eigenvalue weighted by Crippen LogP contribution is -2.16. The average Bonchev–Trinajstić information content (AvgIpc) is 3.11. The minimum Gasteiger partial charge on any atom is -0.305 e. The normalized spacial score (nSPS) is 10.7. The largest absolute Gasteiger partial charge is 0.305 e. The van der Waals surface area contributed by atoms with E-state index >= 15 is 0 Å². The van der Waals surface area contributed by atoms with E-state index in [1.165, 1.54) is 35.3 Å². The Morgan fingerprint density at radius 1 is 0.897 bits per heavy atom. The Balaban J connectivity index is 1.55. The number of aryl methyl sites for hydroxylation is 3. The van der Waals surface area contributed by atoms with Gasteiger partial charge in [0.15, 0.2) is 0 Å². The summed E-state index contributed by atoms with van der Waals surface area (Å²) in [6, 6.07) is 16.6. The third-order valence-electron chi connectivity index (χ3n) is 4.94. The van der Waals surface area contributed by atoms with Gasteiger partial charge in [0, 0.05) is 31.1 Å². The van der Waals surface area contributed by atoms with E-state index in [0.717, 1.165) is 16.8 Å². The number of amides is 1. The van der Waals surface area contributed by atoms with Crippen molar-refractivity contribution in [2.75, 3.05) is 5.32 Å². The summed E-state index contributed by atoms with van der Waals surface area (Å²) in [4.78, 5) is 20.2. The molecule has 0 unspecified atom stereocenters. The number of nitrogens with zero attached hydrogens (tertiary/aromatic N) is 4. The molecule has 0 spiro atoms. The van der Waals surface area contributed by atoms with Crippen molar-refractivity contribution in [3.63, 3.8) is 0 Å². The third-order valence-corrected chi connectivity index (χ3v) is 4.94. The fourth-order valence-electron chi connectivity index (χ4n) is 3.08. The molecular formula is C23H21N5O. The molecule has 6 heteroatoms. The smallest absolute Gasteiger partial charge is 0.277 e. The second kappa shape index (κ2) is 7.67. The maximum Gasteiger partial charge on any atom is 0.277 e. The van der Waals surface area contributed by atoms with Crippen LogP contribution in [-0.4, -0.2) is 25.7 Å². The molecule has 0 atom stereocenters. The highest BCUT2D eigenvalue weighted by Gasteiger charge is 2.13. The van der Waals surface area contributed by atoms with Gasteiger partial charge >= 0.3 is 0 Å². The van der Waals surface area contributed by atoms with E-state index in [4.69, 9.17) is 0 Å². The molecule has 2 aromatic heterocycles. The van der Waals surface area contributed by atoms with E-state index in [1.807, 2.05) is 18.2 Å². The first-order valence-corrected chi connectivity index (χ1v) is 9.31. The van der Waals surface area contributed by atoms with Crippen molar-refractivity contribution in [3.05, 3.63) is 83.9 Å². The molecule has 29 heavy (non-hydrogen) atoms. The molecule has 4 aromatic rings. The maximum atomic E-state index is 12.3. The van der Waals surface area contributed by atoms with Gasteiger partial charge in [-0.05, 0) is 36.1 Å². The predicted molar refractivity (Wildman–Crippen MR) is 114 cm³/mol. The number of hydrogen-bond acceptors (Lipinski definition) is 4. The lowest BCUT2D eigenvalue weighted by Gasteiger charge is -2.06. The monoisotopic (exact) mass is 383 g/mol. The van der Waals surface area contributed by atoms with Gasteiger partial charge < -0.3 is 5.32 Å². The minimum absolute atomic E-state index is 0.257. The molecule has 0 aliphatic rings. The van der Waals surface area contributed by atoms with Crippen LogP contribution in [0.15, 0.2) is 67.1 Å². The number of benzene rings is 2. The highest BCUT2D eigenvalue weighted by molar-refractivity contribution is 6.02. The van der Waals surface area contributed by atoms with Crippen LogP contribution in [0.1, 0.15) is 21.6 Å². The SMILES string of the molecule is Cc1ccc(-c2ccc(-c3cc(NC(=O)c4cnccn4)n(C)n3)cc2)cc1C. The van der Waals surface area contributed by atoms with Gasteiger partial charge in [-0.2, -0.15) is 5.10 Å². The Hall–Kier alpha value is -3.80. The molecule has 2 heterocycles. The van der Waals surface area contributed by atoms with Gasteiger partial charge in [0.2, 0.25) is 0 Å². The average molecular weight is 383 g/mol. The summed E-state index contributed by atoms with van der Waals surface area (Å²) in [5.74, 6) is 0.270. The Morgan fingerprint density at radius 2 is 1.62 bits per heavy atom. The number of rotatable bonds is 4. The number of carbonyl (C=O) groups excluding carboxylic acids is 1. The highest BCUT2D eigenvalue weighted by Crippen LogP contribution is 2.27. The summed E-state index contributed by atoms with van der Waals surface area (Å²) in [6.07, 6.45) is 4.44. The Labute approximate surface area is 169 Å². The van der Waals surface area contributed by atoms with E-state index in [2.05, 4.69) is 64.6 Å². The van der Waals surface area contributed by atoms with E-state index in [9.17, 15) is 4.79 Å². The van der Waals surface area contributed by atoms with Crippen molar-refractivity contribution in [2.45, 2.75) is 13.8 Å². The van der Waals surface area contributed by atoms with Crippen LogP contribution in [0.25, 0.3) is 22.4 Å². The molecule has 0 saturated carbocycles. The van der Waals surface area contributed by atoms with Crippen LogP contribution in [0.5, 0.6) is 0 Å². The van der Waals surface area contributed by atoms with Crippen molar-refractivity contribution < 1.29 is 4.79 Å². The molecule has 6 nitrogen and oxygen atoms in total. The number of aromatic nitrogens is 4. The molecule has 0 saturated heterocycles. The van der Waals surface area contributed by atoms with Gasteiger partial charge in [-0.3, -0.25) is 14.5 Å². The predicted octanol–water partition coefficient (Wildman–Crippen LogP) is 4.41. The van der Waals surface area contributed by atoms with E-state index < -0.39 is 0 Å². The van der Waals surface area contributed by atoms with Crippen molar-refractivity contribution >= 4 is 11.7 Å². The number of anilines is 1. The zero-order chi connectivity index (χ0) is 20.4. The number of nitrogens with one attached hydrogen (secondary N) is 1. The van der Waals surface area contributed by atoms with Gasteiger partial charge in [-0.25, -0.2) is 4.98 Å². The molecule has 0 bridgehead atoms. The fraction of sp³-hybridized carbons (Fsp3) is 0.130. The summed E-state index contributed by atoms with van der Waals surface area (Å²) in [6.45, 7) is 4.24. The molecular weight excluding hydrogens is 362 g/mol. The Morgan fingerprint density at radius 3 is 2.31 bits per heavy atom. The maximum absolute atomic E-state index is 12.3. The lowest BCUT2D eigenvalue weighted by molar-refractivity contribution is 0.102.